The first-order valence-electron chi connectivity index (χ1n) is 6.46. The number of hydrogen-bond donors (Lipinski definition) is 2. The van der Waals surface area contributed by atoms with Crippen LogP contribution in [0.4, 0.5) is 4.39 Å². The Morgan fingerprint density at radius 1 is 1.50 bits per heavy atom. The fourth-order valence-corrected chi connectivity index (χ4v) is 2.25. The summed E-state index contributed by atoms with van der Waals surface area (Å²) >= 11 is 0. The van der Waals surface area contributed by atoms with Crippen LogP contribution in [0.15, 0.2) is 24.3 Å². The van der Waals surface area contributed by atoms with Gasteiger partial charge in [-0.2, -0.15) is 0 Å². The highest BCUT2D eigenvalue weighted by molar-refractivity contribution is 5.82. The quantitative estimate of drug-likeness (QED) is 0.863. The summed E-state index contributed by atoms with van der Waals surface area (Å²) in [6, 6.07) is 6.07. The van der Waals surface area contributed by atoms with E-state index in [2.05, 4.69) is 10.6 Å². The Labute approximate surface area is 107 Å². The van der Waals surface area contributed by atoms with E-state index in [4.69, 9.17) is 0 Å². The van der Waals surface area contributed by atoms with E-state index in [0.29, 0.717) is 0 Å². The maximum atomic E-state index is 13.1. The third kappa shape index (κ3) is 3.29. The van der Waals surface area contributed by atoms with Crippen molar-refractivity contribution in [3.8, 4) is 0 Å². The summed E-state index contributed by atoms with van der Waals surface area (Å²) in [7, 11) is 0. The molecule has 4 heteroatoms. The Bertz CT molecular complexity index is 416. The minimum atomic E-state index is -0.274. The summed E-state index contributed by atoms with van der Waals surface area (Å²) in [5.41, 5.74) is 0.791. The highest BCUT2D eigenvalue weighted by atomic mass is 19.1. The van der Waals surface area contributed by atoms with Crippen molar-refractivity contribution < 1.29 is 9.18 Å². The van der Waals surface area contributed by atoms with Gasteiger partial charge in [-0.25, -0.2) is 4.39 Å². The van der Waals surface area contributed by atoms with Gasteiger partial charge in [-0.1, -0.05) is 18.6 Å². The number of amides is 1. The molecular weight excluding hydrogens is 231 g/mol. The Morgan fingerprint density at radius 2 is 2.33 bits per heavy atom. The summed E-state index contributed by atoms with van der Waals surface area (Å²) in [6.07, 6.45) is 3.09. The standard InChI is InChI=1S/C14H19FN2O/c1-10(11-5-4-6-12(15)9-11)17-14(18)13-7-2-3-8-16-13/h4-6,9-10,13,16H,2-3,7-8H2,1H3,(H,17,18)/t10?,13-/m0/s1. The molecule has 0 bridgehead atoms. The molecule has 1 heterocycles. The lowest BCUT2D eigenvalue weighted by Gasteiger charge is -2.24. The second-order valence-corrected chi connectivity index (χ2v) is 4.79. The first-order chi connectivity index (χ1) is 8.66. The number of halogens is 1. The number of nitrogens with one attached hydrogen (secondary N) is 2. The van der Waals surface area contributed by atoms with Gasteiger partial charge in [0.05, 0.1) is 12.1 Å². The minimum Gasteiger partial charge on any atom is -0.348 e. The molecule has 1 aliphatic heterocycles. The zero-order valence-corrected chi connectivity index (χ0v) is 10.6. The van der Waals surface area contributed by atoms with Gasteiger partial charge in [-0.15, -0.1) is 0 Å². The topological polar surface area (TPSA) is 41.1 Å². The maximum absolute atomic E-state index is 13.1. The average Bonchev–Trinajstić information content (AvgIpc) is 2.39. The molecule has 1 fully saturated rings. The van der Waals surface area contributed by atoms with Crippen LogP contribution < -0.4 is 10.6 Å². The van der Waals surface area contributed by atoms with Gasteiger partial charge in [0.1, 0.15) is 5.82 Å². The highest BCUT2D eigenvalue weighted by Crippen LogP contribution is 2.14. The molecule has 0 spiro atoms. The van der Waals surface area contributed by atoms with Gasteiger partial charge in [0, 0.05) is 0 Å². The van der Waals surface area contributed by atoms with Crippen LogP contribution in [0.3, 0.4) is 0 Å². The molecule has 1 aromatic carbocycles. The lowest BCUT2D eigenvalue weighted by Crippen LogP contribution is -2.47. The van der Waals surface area contributed by atoms with E-state index in [1.165, 1.54) is 12.1 Å². The van der Waals surface area contributed by atoms with Crippen LogP contribution in [0.25, 0.3) is 0 Å². The molecule has 1 saturated heterocycles. The van der Waals surface area contributed by atoms with Crippen molar-refractivity contribution >= 4 is 5.91 Å². The van der Waals surface area contributed by atoms with E-state index in [9.17, 15) is 9.18 Å². The zero-order chi connectivity index (χ0) is 13.0. The molecule has 1 amide bonds. The van der Waals surface area contributed by atoms with Crippen LogP contribution in [0, 0.1) is 5.82 Å². The fourth-order valence-electron chi connectivity index (χ4n) is 2.25. The lowest BCUT2D eigenvalue weighted by molar-refractivity contribution is -0.124. The Hall–Kier alpha value is -1.42. The molecule has 2 N–H and O–H groups in total. The van der Waals surface area contributed by atoms with Gasteiger partial charge >= 0.3 is 0 Å². The van der Waals surface area contributed by atoms with E-state index in [-0.39, 0.29) is 23.8 Å². The largest absolute Gasteiger partial charge is 0.348 e. The second-order valence-electron chi connectivity index (χ2n) is 4.79. The molecule has 2 rings (SSSR count). The number of benzene rings is 1. The van der Waals surface area contributed by atoms with Gasteiger partial charge in [0.25, 0.3) is 0 Å². The molecule has 0 saturated carbocycles. The monoisotopic (exact) mass is 250 g/mol. The number of hydrogen-bond acceptors (Lipinski definition) is 2. The van der Waals surface area contributed by atoms with Crippen molar-refractivity contribution in [2.24, 2.45) is 0 Å². The van der Waals surface area contributed by atoms with Crippen molar-refractivity contribution in [3.05, 3.63) is 35.6 Å². The third-order valence-corrected chi connectivity index (χ3v) is 3.33. The van der Waals surface area contributed by atoms with Crippen molar-refractivity contribution in [1.82, 2.24) is 10.6 Å². The minimum absolute atomic E-state index is 0.00598. The summed E-state index contributed by atoms with van der Waals surface area (Å²) < 4.78 is 13.1. The van der Waals surface area contributed by atoms with Gasteiger partial charge < -0.3 is 10.6 Å². The Morgan fingerprint density at radius 3 is 3.00 bits per heavy atom. The van der Waals surface area contributed by atoms with Crippen LogP contribution >= 0.6 is 0 Å². The molecule has 1 aliphatic rings. The molecule has 0 aromatic heterocycles. The summed E-state index contributed by atoms with van der Waals surface area (Å²) in [4.78, 5) is 12.0. The van der Waals surface area contributed by atoms with Crippen LogP contribution in [-0.2, 0) is 4.79 Å². The smallest absolute Gasteiger partial charge is 0.237 e. The first-order valence-corrected chi connectivity index (χ1v) is 6.46. The van der Waals surface area contributed by atoms with Crippen molar-refractivity contribution in [2.45, 2.75) is 38.3 Å². The van der Waals surface area contributed by atoms with E-state index in [0.717, 1.165) is 31.4 Å². The third-order valence-electron chi connectivity index (χ3n) is 3.33. The Balaban J connectivity index is 1.94. The molecule has 3 nitrogen and oxygen atoms in total. The lowest BCUT2D eigenvalue weighted by atomic mass is 10.0. The summed E-state index contributed by atoms with van der Waals surface area (Å²) in [6.45, 7) is 2.77. The SMILES string of the molecule is CC(NC(=O)[C@@H]1CCCCN1)c1cccc(F)c1. The summed E-state index contributed by atoms with van der Waals surface area (Å²) in [5, 5.41) is 6.13. The second kappa shape index (κ2) is 5.96. The highest BCUT2D eigenvalue weighted by Gasteiger charge is 2.21. The van der Waals surface area contributed by atoms with E-state index >= 15 is 0 Å². The molecule has 98 valence electrons. The summed E-state index contributed by atoms with van der Waals surface area (Å²) in [5.74, 6) is -0.268. The predicted octanol–water partition coefficient (Wildman–Crippen LogP) is 2.14. The fraction of sp³-hybridized carbons (Fsp3) is 0.500. The van der Waals surface area contributed by atoms with E-state index in [1.807, 2.05) is 13.0 Å². The maximum Gasteiger partial charge on any atom is 0.237 e. The molecular formula is C14H19FN2O. The number of carbonyl (C=O) groups is 1. The van der Waals surface area contributed by atoms with Crippen LogP contribution in [-0.4, -0.2) is 18.5 Å². The molecule has 1 unspecified atom stereocenters. The molecule has 0 aliphatic carbocycles. The molecule has 1 aromatic rings. The van der Waals surface area contributed by atoms with Crippen molar-refractivity contribution in [3.63, 3.8) is 0 Å². The van der Waals surface area contributed by atoms with Gasteiger partial charge in [-0.3, -0.25) is 4.79 Å². The van der Waals surface area contributed by atoms with E-state index in [1.54, 1.807) is 6.07 Å². The van der Waals surface area contributed by atoms with Gasteiger partial charge in [0.15, 0.2) is 0 Å². The van der Waals surface area contributed by atoms with E-state index < -0.39 is 0 Å². The molecule has 0 radical (unpaired) electrons. The number of rotatable bonds is 3. The normalized spacial score (nSPS) is 21.3. The number of piperidine rings is 1. The van der Waals surface area contributed by atoms with Crippen LogP contribution in [0.1, 0.15) is 37.8 Å². The predicted molar refractivity (Wildman–Crippen MR) is 68.6 cm³/mol. The Kier molecular flexibility index (Phi) is 4.31. The number of carbonyl (C=O) groups excluding carboxylic acids is 1. The van der Waals surface area contributed by atoms with Crippen molar-refractivity contribution in [1.29, 1.82) is 0 Å². The molecule has 2 atom stereocenters. The first kappa shape index (κ1) is 13.0. The molecule has 18 heavy (non-hydrogen) atoms. The van der Waals surface area contributed by atoms with Crippen LogP contribution in [0.5, 0.6) is 0 Å². The zero-order valence-electron chi connectivity index (χ0n) is 10.6. The van der Waals surface area contributed by atoms with Gasteiger partial charge in [-0.05, 0) is 44.0 Å². The van der Waals surface area contributed by atoms with Crippen LogP contribution in [0.2, 0.25) is 0 Å². The van der Waals surface area contributed by atoms with Crippen molar-refractivity contribution in [2.75, 3.05) is 6.54 Å². The average molecular weight is 250 g/mol. The van der Waals surface area contributed by atoms with Gasteiger partial charge in [0.2, 0.25) is 5.91 Å².